The van der Waals surface area contributed by atoms with Crippen molar-refractivity contribution in [2.75, 3.05) is 0 Å². The van der Waals surface area contributed by atoms with E-state index in [4.69, 9.17) is 0 Å². The molecule has 0 amide bonds. The fraction of sp³-hybridized carbons (Fsp3) is 0.231. The highest BCUT2D eigenvalue weighted by Crippen LogP contribution is 2.12. The highest BCUT2D eigenvalue weighted by molar-refractivity contribution is 9.12. The molecular formula is C13H15BrSi. The van der Waals surface area contributed by atoms with Gasteiger partial charge in [-0.15, -0.1) is 6.58 Å². The minimum Gasteiger partial charge on any atom is -0.103 e. The van der Waals surface area contributed by atoms with E-state index >= 15 is 0 Å². The fourth-order valence-electron chi connectivity index (χ4n) is 1.70. The Balaban J connectivity index is 3.21. The van der Waals surface area contributed by atoms with Crippen molar-refractivity contribution in [1.29, 1.82) is 0 Å². The molecule has 0 bridgehead atoms. The smallest absolute Gasteiger partial charge is 0.0859 e. The Bertz CT molecular complexity index is 410. The molecule has 0 aromatic heterocycles. The molecule has 1 aromatic carbocycles. The molecule has 0 N–H and O–H groups in total. The average molecular weight is 279 g/mol. The van der Waals surface area contributed by atoms with Gasteiger partial charge in [0, 0.05) is 21.5 Å². The van der Waals surface area contributed by atoms with E-state index in [2.05, 4.69) is 64.6 Å². The minimum atomic E-state index is -1.40. The van der Waals surface area contributed by atoms with Crippen molar-refractivity contribution < 1.29 is 0 Å². The van der Waals surface area contributed by atoms with E-state index in [1.54, 1.807) is 0 Å². The van der Waals surface area contributed by atoms with E-state index in [9.17, 15) is 0 Å². The van der Waals surface area contributed by atoms with Gasteiger partial charge in [-0.2, -0.15) is 0 Å². The number of halogens is 1. The third kappa shape index (κ3) is 3.09. The summed E-state index contributed by atoms with van der Waals surface area (Å²) in [5.74, 6) is 3.11. The van der Waals surface area contributed by atoms with Gasteiger partial charge in [0.15, 0.2) is 0 Å². The topological polar surface area (TPSA) is 0 Å². The summed E-state index contributed by atoms with van der Waals surface area (Å²) in [6.07, 6.45) is 2.02. The van der Waals surface area contributed by atoms with Gasteiger partial charge >= 0.3 is 0 Å². The van der Waals surface area contributed by atoms with Crippen molar-refractivity contribution in [2.24, 2.45) is 0 Å². The first kappa shape index (κ1) is 12.3. The van der Waals surface area contributed by atoms with E-state index in [0.29, 0.717) is 0 Å². The largest absolute Gasteiger partial charge is 0.103 e. The molecule has 0 unspecified atom stereocenters. The summed E-state index contributed by atoms with van der Waals surface area (Å²) >= 11 is 3.16. The maximum Gasteiger partial charge on any atom is 0.0859 e. The molecule has 1 aromatic rings. The third-order valence-electron chi connectivity index (χ3n) is 2.49. The van der Waals surface area contributed by atoms with Gasteiger partial charge in [0.1, 0.15) is 0 Å². The SMILES string of the molecule is C=CC[Si](C)(C)c1ccccc1C#CBr. The Morgan fingerprint density at radius 1 is 1.40 bits per heavy atom. The lowest BCUT2D eigenvalue weighted by Crippen LogP contribution is -2.42. The molecule has 0 aliphatic carbocycles. The summed E-state index contributed by atoms with van der Waals surface area (Å²) in [5, 5.41) is 1.41. The monoisotopic (exact) mass is 278 g/mol. The number of benzene rings is 1. The molecule has 0 saturated heterocycles. The first-order valence-electron chi connectivity index (χ1n) is 4.94. The van der Waals surface area contributed by atoms with Gasteiger partial charge in [0.05, 0.1) is 8.07 Å². The van der Waals surface area contributed by atoms with Crippen LogP contribution >= 0.6 is 15.9 Å². The first-order valence-corrected chi connectivity index (χ1v) is 8.94. The van der Waals surface area contributed by atoms with Crippen molar-refractivity contribution >= 4 is 29.2 Å². The lowest BCUT2D eigenvalue weighted by Gasteiger charge is -2.22. The van der Waals surface area contributed by atoms with Crippen molar-refractivity contribution in [3.8, 4) is 10.8 Å². The third-order valence-corrected chi connectivity index (χ3v) is 5.89. The molecule has 1 rings (SSSR count). The highest BCUT2D eigenvalue weighted by atomic mass is 79.9. The Hall–Kier alpha value is -0.783. The number of rotatable bonds is 3. The van der Waals surface area contributed by atoms with Crippen LogP contribution in [0, 0.1) is 10.8 Å². The van der Waals surface area contributed by atoms with Crippen LogP contribution in [0.4, 0.5) is 0 Å². The molecule has 0 aliphatic rings. The maximum atomic E-state index is 3.84. The van der Waals surface area contributed by atoms with E-state index in [0.717, 1.165) is 11.6 Å². The molecule has 0 nitrogen and oxygen atoms in total. The number of hydrogen-bond acceptors (Lipinski definition) is 0. The van der Waals surface area contributed by atoms with Crippen LogP contribution < -0.4 is 5.19 Å². The van der Waals surface area contributed by atoms with Gasteiger partial charge in [-0.05, 0) is 22.1 Å². The van der Waals surface area contributed by atoms with Crippen LogP contribution in [-0.4, -0.2) is 8.07 Å². The summed E-state index contributed by atoms with van der Waals surface area (Å²) < 4.78 is 0. The fourth-order valence-corrected chi connectivity index (χ4v) is 4.28. The van der Waals surface area contributed by atoms with Gasteiger partial charge in [-0.25, -0.2) is 0 Å². The van der Waals surface area contributed by atoms with Crippen molar-refractivity contribution in [3.63, 3.8) is 0 Å². The molecule has 0 heterocycles. The summed E-state index contributed by atoms with van der Waals surface area (Å²) in [6.45, 7) is 8.54. The van der Waals surface area contributed by atoms with Gasteiger partial charge in [-0.3, -0.25) is 0 Å². The Kier molecular flexibility index (Phi) is 4.38. The predicted molar refractivity (Wildman–Crippen MR) is 74.4 cm³/mol. The predicted octanol–water partition coefficient (Wildman–Crippen LogP) is 3.49. The molecule has 0 fully saturated rings. The lowest BCUT2D eigenvalue weighted by molar-refractivity contribution is 1.53. The van der Waals surface area contributed by atoms with Crippen LogP contribution in [0.3, 0.4) is 0 Å². The Morgan fingerprint density at radius 3 is 2.67 bits per heavy atom. The Labute approximate surface area is 102 Å². The van der Waals surface area contributed by atoms with Crippen molar-refractivity contribution in [1.82, 2.24) is 0 Å². The van der Waals surface area contributed by atoms with E-state index in [1.165, 1.54) is 5.19 Å². The van der Waals surface area contributed by atoms with E-state index < -0.39 is 8.07 Å². The molecule has 0 spiro atoms. The standard InChI is InChI=1S/C13H15BrSi/c1-4-11-15(2,3)13-8-6-5-7-12(13)9-10-14/h4-8H,1,11H2,2-3H3. The molecule has 0 radical (unpaired) electrons. The summed E-state index contributed by atoms with van der Waals surface area (Å²) in [7, 11) is -1.40. The lowest BCUT2D eigenvalue weighted by atomic mass is 10.2. The summed E-state index contributed by atoms with van der Waals surface area (Å²) in [5.41, 5.74) is 1.15. The van der Waals surface area contributed by atoms with Crippen LogP contribution in [0.1, 0.15) is 5.56 Å². The maximum absolute atomic E-state index is 3.84. The van der Waals surface area contributed by atoms with Crippen LogP contribution in [0.2, 0.25) is 19.1 Å². The van der Waals surface area contributed by atoms with E-state index in [-0.39, 0.29) is 0 Å². The molecule has 0 aliphatic heterocycles. The van der Waals surface area contributed by atoms with Crippen LogP contribution in [0.25, 0.3) is 0 Å². The van der Waals surface area contributed by atoms with Crippen molar-refractivity contribution in [2.45, 2.75) is 19.1 Å². The minimum absolute atomic E-state index is 1.09. The quantitative estimate of drug-likeness (QED) is 0.451. The number of allylic oxidation sites excluding steroid dienone is 1. The molecule has 2 heteroatoms. The second kappa shape index (κ2) is 5.34. The molecule has 0 saturated carbocycles. The molecular weight excluding hydrogens is 264 g/mol. The van der Waals surface area contributed by atoms with Crippen molar-refractivity contribution in [3.05, 3.63) is 42.5 Å². The first-order chi connectivity index (χ1) is 7.11. The molecule has 0 atom stereocenters. The summed E-state index contributed by atoms with van der Waals surface area (Å²) in [4.78, 5) is 2.80. The normalized spacial score (nSPS) is 10.3. The second-order valence-corrected chi connectivity index (χ2v) is 9.25. The zero-order chi connectivity index (χ0) is 11.3. The van der Waals surface area contributed by atoms with Gasteiger partial charge in [0.25, 0.3) is 0 Å². The van der Waals surface area contributed by atoms with E-state index in [1.807, 2.05) is 12.1 Å². The van der Waals surface area contributed by atoms with Gasteiger partial charge in [0.2, 0.25) is 0 Å². The van der Waals surface area contributed by atoms with Crippen LogP contribution in [0.15, 0.2) is 36.9 Å². The molecule has 78 valence electrons. The van der Waals surface area contributed by atoms with Gasteiger partial charge in [-0.1, -0.05) is 43.3 Å². The second-order valence-electron chi connectivity index (χ2n) is 4.14. The van der Waals surface area contributed by atoms with Crippen LogP contribution in [-0.2, 0) is 0 Å². The summed E-state index contributed by atoms with van der Waals surface area (Å²) in [6, 6.07) is 9.50. The number of hydrogen-bond donors (Lipinski definition) is 0. The zero-order valence-corrected chi connectivity index (χ0v) is 11.8. The highest BCUT2D eigenvalue weighted by Gasteiger charge is 2.23. The Morgan fingerprint density at radius 2 is 2.07 bits per heavy atom. The zero-order valence-electron chi connectivity index (χ0n) is 9.18. The molecule has 15 heavy (non-hydrogen) atoms. The average Bonchev–Trinajstić information content (AvgIpc) is 2.19. The van der Waals surface area contributed by atoms with Crippen LogP contribution in [0.5, 0.6) is 0 Å². The van der Waals surface area contributed by atoms with Gasteiger partial charge < -0.3 is 0 Å².